The standard InChI is InChI=1S/C14H15BrN2O3/c1-3-10-7-16-13(20-10)8-17-14(18)11-5-4-9(15)6-12(11)19-2/h4-7H,3,8H2,1-2H3,(H,17,18). The highest BCUT2D eigenvalue weighted by Gasteiger charge is 2.13. The second-order valence-corrected chi connectivity index (χ2v) is 5.02. The molecule has 0 aliphatic heterocycles. The molecule has 5 nitrogen and oxygen atoms in total. The lowest BCUT2D eigenvalue weighted by Gasteiger charge is -2.08. The normalized spacial score (nSPS) is 10.3. The number of ether oxygens (including phenoxy) is 1. The van der Waals surface area contributed by atoms with E-state index in [0.717, 1.165) is 16.7 Å². The van der Waals surface area contributed by atoms with Crippen molar-refractivity contribution >= 4 is 21.8 Å². The van der Waals surface area contributed by atoms with Gasteiger partial charge in [0.05, 0.1) is 25.4 Å². The van der Waals surface area contributed by atoms with Crippen LogP contribution in [0.1, 0.15) is 28.9 Å². The fraction of sp³-hybridized carbons (Fsp3) is 0.286. The zero-order valence-electron chi connectivity index (χ0n) is 11.3. The van der Waals surface area contributed by atoms with Crippen molar-refractivity contribution in [2.75, 3.05) is 7.11 Å². The van der Waals surface area contributed by atoms with Gasteiger partial charge in [0.1, 0.15) is 11.5 Å². The molecule has 0 atom stereocenters. The first kappa shape index (κ1) is 14.6. The number of benzene rings is 1. The summed E-state index contributed by atoms with van der Waals surface area (Å²) in [5.41, 5.74) is 0.470. The summed E-state index contributed by atoms with van der Waals surface area (Å²) in [6.45, 7) is 2.23. The van der Waals surface area contributed by atoms with Crippen LogP contribution in [0.4, 0.5) is 0 Å². The summed E-state index contributed by atoms with van der Waals surface area (Å²) >= 11 is 3.34. The van der Waals surface area contributed by atoms with Crippen LogP contribution < -0.4 is 10.1 Å². The Kier molecular flexibility index (Phi) is 4.79. The Balaban J connectivity index is 2.04. The van der Waals surface area contributed by atoms with Gasteiger partial charge < -0.3 is 14.5 Å². The zero-order chi connectivity index (χ0) is 14.5. The van der Waals surface area contributed by atoms with Gasteiger partial charge in [0.25, 0.3) is 5.91 Å². The number of carbonyl (C=O) groups is 1. The molecule has 1 amide bonds. The van der Waals surface area contributed by atoms with E-state index in [4.69, 9.17) is 9.15 Å². The Morgan fingerprint density at radius 1 is 1.50 bits per heavy atom. The molecule has 1 aromatic heterocycles. The van der Waals surface area contributed by atoms with Crippen molar-refractivity contribution in [3.05, 3.63) is 46.1 Å². The molecule has 1 N–H and O–H groups in total. The number of halogens is 1. The van der Waals surface area contributed by atoms with E-state index in [9.17, 15) is 4.79 Å². The molecule has 2 aromatic rings. The maximum Gasteiger partial charge on any atom is 0.255 e. The molecule has 0 saturated heterocycles. The van der Waals surface area contributed by atoms with Crippen molar-refractivity contribution in [3.63, 3.8) is 0 Å². The Morgan fingerprint density at radius 3 is 2.95 bits per heavy atom. The van der Waals surface area contributed by atoms with Crippen molar-refractivity contribution in [2.45, 2.75) is 19.9 Å². The molecule has 0 spiro atoms. The predicted octanol–water partition coefficient (Wildman–Crippen LogP) is 2.94. The molecular weight excluding hydrogens is 324 g/mol. The lowest BCUT2D eigenvalue weighted by atomic mass is 10.2. The highest BCUT2D eigenvalue weighted by molar-refractivity contribution is 9.10. The number of hydrogen-bond donors (Lipinski definition) is 1. The molecule has 20 heavy (non-hydrogen) atoms. The Bertz CT molecular complexity index is 610. The van der Waals surface area contributed by atoms with Crippen LogP contribution in [0.15, 0.2) is 33.3 Å². The molecule has 0 aliphatic rings. The highest BCUT2D eigenvalue weighted by atomic mass is 79.9. The van der Waals surface area contributed by atoms with Gasteiger partial charge >= 0.3 is 0 Å². The molecular formula is C14H15BrN2O3. The molecule has 0 fully saturated rings. The second-order valence-electron chi connectivity index (χ2n) is 4.10. The average molecular weight is 339 g/mol. The van der Waals surface area contributed by atoms with Gasteiger partial charge in [-0.2, -0.15) is 0 Å². The first-order valence-electron chi connectivity index (χ1n) is 6.19. The Morgan fingerprint density at radius 2 is 2.30 bits per heavy atom. The summed E-state index contributed by atoms with van der Waals surface area (Å²) in [6.07, 6.45) is 2.45. The number of aromatic nitrogens is 1. The number of methoxy groups -OCH3 is 1. The van der Waals surface area contributed by atoms with Gasteiger partial charge in [-0.1, -0.05) is 22.9 Å². The van der Waals surface area contributed by atoms with E-state index >= 15 is 0 Å². The van der Waals surface area contributed by atoms with Crippen LogP contribution in [-0.4, -0.2) is 18.0 Å². The van der Waals surface area contributed by atoms with E-state index in [2.05, 4.69) is 26.2 Å². The molecule has 0 radical (unpaired) electrons. The van der Waals surface area contributed by atoms with E-state index in [0.29, 0.717) is 17.2 Å². The number of amides is 1. The molecule has 1 aromatic carbocycles. The molecule has 0 unspecified atom stereocenters. The van der Waals surface area contributed by atoms with Gasteiger partial charge in [0.2, 0.25) is 5.89 Å². The van der Waals surface area contributed by atoms with E-state index in [1.807, 2.05) is 6.92 Å². The van der Waals surface area contributed by atoms with Gasteiger partial charge in [-0.3, -0.25) is 4.79 Å². The molecule has 2 rings (SSSR count). The number of nitrogens with one attached hydrogen (secondary N) is 1. The van der Waals surface area contributed by atoms with Crippen LogP contribution in [0.2, 0.25) is 0 Å². The lowest BCUT2D eigenvalue weighted by molar-refractivity contribution is 0.0944. The van der Waals surface area contributed by atoms with Gasteiger partial charge in [0, 0.05) is 10.9 Å². The Hall–Kier alpha value is -1.82. The van der Waals surface area contributed by atoms with E-state index in [1.54, 1.807) is 24.4 Å². The van der Waals surface area contributed by atoms with Crippen molar-refractivity contribution in [3.8, 4) is 5.75 Å². The smallest absolute Gasteiger partial charge is 0.255 e. The average Bonchev–Trinajstić information content (AvgIpc) is 2.92. The van der Waals surface area contributed by atoms with Crippen LogP contribution in [-0.2, 0) is 13.0 Å². The summed E-state index contributed by atoms with van der Waals surface area (Å²) in [6, 6.07) is 5.23. The summed E-state index contributed by atoms with van der Waals surface area (Å²) < 4.78 is 11.5. The van der Waals surface area contributed by atoms with Crippen LogP contribution in [0.25, 0.3) is 0 Å². The van der Waals surface area contributed by atoms with Crippen molar-refractivity contribution in [1.82, 2.24) is 10.3 Å². The highest BCUT2D eigenvalue weighted by Crippen LogP contribution is 2.23. The van der Waals surface area contributed by atoms with Crippen molar-refractivity contribution < 1.29 is 13.9 Å². The van der Waals surface area contributed by atoms with Gasteiger partial charge in [-0.25, -0.2) is 4.98 Å². The molecule has 0 saturated carbocycles. The third kappa shape index (κ3) is 3.39. The topological polar surface area (TPSA) is 64.4 Å². The van der Waals surface area contributed by atoms with Crippen LogP contribution in [0.3, 0.4) is 0 Å². The first-order chi connectivity index (χ1) is 9.63. The monoisotopic (exact) mass is 338 g/mol. The molecule has 6 heteroatoms. The van der Waals surface area contributed by atoms with E-state index in [-0.39, 0.29) is 12.5 Å². The number of aryl methyl sites for hydroxylation is 1. The van der Waals surface area contributed by atoms with Crippen LogP contribution >= 0.6 is 15.9 Å². The maximum atomic E-state index is 12.1. The largest absolute Gasteiger partial charge is 0.496 e. The number of oxazole rings is 1. The minimum Gasteiger partial charge on any atom is -0.496 e. The minimum atomic E-state index is -0.231. The molecule has 0 aliphatic carbocycles. The van der Waals surface area contributed by atoms with E-state index in [1.165, 1.54) is 7.11 Å². The molecule has 0 bridgehead atoms. The third-order valence-corrected chi connectivity index (χ3v) is 3.25. The first-order valence-corrected chi connectivity index (χ1v) is 6.98. The fourth-order valence-corrected chi connectivity index (χ4v) is 2.04. The van der Waals surface area contributed by atoms with Crippen LogP contribution in [0.5, 0.6) is 5.75 Å². The number of carbonyl (C=O) groups excluding carboxylic acids is 1. The quantitative estimate of drug-likeness (QED) is 0.910. The Labute approximate surface area is 125 Å². The van der Waals surface area contributed by atoms with Gasteiger partial charge in [-0.05, 0) is 18.2 Å². The summed E-state index contributed by atoms with van der Waals surface area (Å²) in [7, 11) is 1.53. The fourth-order valence-electron chi connectivity index (χ4n) is 1.70. The summed E-state index contributed by atoms with van der Waals surface area (Å²) in [5, 5.41) is 2.76. The SMILES string of the molecule is CCc1cnc(CNC(=O)c2ccc(Br)cc2OC)o1. The molecule has 1 heterocycles. The van der Waals surface area contributed by atoms with Crippen molar-refractivity contribution in [1.29, 1.82) is 0 Å². The third-order valence-electron chi connectivity index (χ3n) is 2.76. The predicted molar refractivity (Wildman–Crippen MR) is 77.7 cm³/mol. The zero-order valence-corrected chi connectivity index (χ0v) is 12.9. The van der Waals surface area contributed by atoms with Gasteiger partial charge in [0.15, 0.2) is 0 Å². The van der Waals surface area contributed by atoms with Gasteiger partial charge in [-0.15, -0.1) is 0 Å². The van der Waals surface area contributed by atoms with Crippen LogP contribution in [0, 0.1) is 0 Å². The second kappa shape index (κ2) is 6.56. The summed E-state index contributed by atoms with van der Waals surface area (Å²) in [5.74, 6) is 1.57. The lowest BCUT2D eigenvalue weighted by Crippen LogP contribution is -2.23. The number of hydrogen-bond acceptors (Lipinski definition) is 4. The summed E-state index contributed by atoms with van der Waals surface area (Å²) in [4.78, 5) is 16.2. The minimum absolute atomic E-state index is 0.231. The number of nitrogens with zero attached hydrogens (tertiary/aromatic N) is 1. The molecule has 106 valence electrons. The number of rotatable bonds is 5. The maximum absolute atomic E-state index is 12.1. The van der Waals surface area contributed by atoms with E-state index < -0.39 is 0 Å². The van der Waals surface area contributed by atoms with Crippen molar-refractivity contribution in [2.24, 2.45) is 0 Å².